The second kappa shape index (κ2) is 6.04. The van der Waals surface area contributed by atoms with Crippen LogP contribution in [-0.2, 0) is 6.54 Å². The van der Waals surface area contributed by atoms with Crippen molar-refractivity contribution in [3.05, 3.63) is 58.8 Å². The van der Waals surface area contributed by atoms with Crippen molar-refractivity contribution in [2.24, 2.45) is 0 Å². The lowest BCUT2D eigenvalue weighted by molar-refractivity contribution is 0.386. The first-order valence-corrected chi connectivity index (χ1v) is 5.93. The SMILES string of the molecule is COc1ccc(NCCn2ccccc2=O)cc1F. The first-order valence-electron chi connectivity index (χ1n) is 5.93. The molecule has 0 aliphatic heterocycles. The summed E-state index contributed by atoms with van der Waals surface area (Å²) in [5.41, 5.74) is 0.604. The lowest BCUT2D eigenvalue weighted by Gasteiger charge is -2.09. The topological polar surface area (TPSA) is 43.3 Å². The number of rotatable bonds is 5. The quantitative estimate of drug-likeness (QED) is 0.897. The van der Waals surface area contributed by atoms with Crippen LogP contribution in [0.25, 0.3) is 0 Å². The predicted molar refractivity (Wildman–Crippen MR) is 72.1 cm³/mol. The molecule has 0 spiro atoms. The molecule has 0 aliphatic rings. The number of nitrogens with zero attached hydrogens (tertiary/aromatic N) is 1. The first-order chi connectivity index (χ1) is 9.20. The van der Waals surface area contributed by atoms with Crippen molar-refractivity contribution in [2.75, 3.05) is 19.0 Å². The van der Waals surface area contributed by atoms with Crippen LogP contribution in [0.5, 0.6) is 5.75 Å². The van der Waals surface area contributed by atoms with Gasteiger partial charge < -0.3 is 14.6 Å². The summed E-state index contributed by atoms with van der Waals surface area (Å²) in [6.45, 7) is 1.06. The van der Waals surface area contributed by atoms with Gasteiger partial charge in [-0.25, -0.2) is 4.39 Å². The van der Waals surface area contributed by atoms with Gasteiger partial charge in [-0.2, -0.15) is 0 Å². The summed E-state index contributed by atoms with van der Waals surface area (Å²) < 4.78 is 19.9. The van der Waals surface area contributed by atoms with E-state index < -0.39 is 5.82 Å². The van der Waals surface area contributed by atoms with E-state index in [0.29, 0.717) is 18.8 Å². The second-order valence-electron chi connectivity index (χ2n) is 4.01. The molecule has 0 bridgehead atoms. The van der Waals surface area contributed by atoms with Crippen molar-refractivity contribution < 1.29 is 9.13 Å². The molecule has 0 fully saturated rings. The van der Waals surface area contributed by atoms with E-state index in [1.165, 1.54) is 19.2 Å². The van der Waals surface area contributed by atoms with Crippen LogP contribution in [-0.4, -0.2) is 18.2 Å². The molecule has 0 atom stereocenters. The highest BCUT2D eigenvalue weighted by Gasteiger charge is 2.02. The first kappa shape index (κ1) is 13.1. The van der Waals surface area contributed by atoms with Crippen molar-refractivity contribution in [3.8, 4) is 5.75 Å². The Bertz CT molecular complexity index is 610. The summed E-state index contributed by atoms with van der Waals surface area (Å²) in [5.74, 6) is -0.200. The Labute approximate surface area is 110 Å². The van der Waals surface area contributed by atoms with Gasteiger partial charge in [0.2, 0.25) is 0 Å². The van der Waals surface area contributed by atoms with Gasteiger partial charge in [0.25, 0.3) is 5.56 Å². The molecule has 1 aromatic carbocycles. The average molecular weight is 262 g/mol. The molecule has 0 radical (unpaired) electrons. The summed E-state index contributed by atoms with van der Waals surface area (Å²) in [4.78, 5) is 11.5. The van der Waals surface area contributed by atoms with Gasteiger partial charge in [0.1, 0.15) is 0 Å². The van der Waals surface area contributed by atoms with E-state index in [9.17, 15) is 9.18 Å². The molecule has 1 aromatic heterocycles. The summed E-state index contributed by atoms with van der Waals surface area (Å²) in [7, 11) is 1.42. The third-order valence-corrected chi connectivity index (χ3v) is 2.73. The van der Waals surface area contributed by atoms with Crippen LogP contribution in [0.15, 0.2) is 47.4 Å². The maximum atomic E-state index is 13.4. The number of benzene rings is 1. The number of nitrogens with one attached hydrogen (secondary N) is 1. The predicted octanol–water partition coefficient (Wildman–Crippen LogP) is 2.11. The number of anilines is 1. The molecule has 0 aliphatic carbocycles. The Morgan fingerprint density at radius 1 is 1.32 bits per heavy atom. The number of hydrogen-bond donors (Lipinski definition) is 1. The molecule has 0 unspecified atom stereocenters. The number of hydrogen-bond acceptors (Lipinski definition) is 3. The largest absolute Gasteiger partial charge is 0.494 e. The molecule has 1 heterocycles. The van der Waals surface area contributed by atoms with Crippen LogP contribution in [0, 0.1) is 5.82 Å². The van der Waals surface area contributed by atoms with E-state index in [-0.39, 0.29) is 11.3 Å². The van der Waals surface area contributed by atoms with E-state index in [1.54, 1.807) is 35.0 Å². The van der Waals surface area contributed by atoms with Crippen LogP contribution < -0.4 is 15.6 Å². The molecular weight excluding hydrogens is 247 g/mol. The Balaban J connectivity index is 1.95. The molecular formula is C14H15FN2O2. The molecule has 100 valence electrons. The van der Waals surface area contributed by atoms with Crippen LogP contribution in [0.3, 0.4) is 0 Å². The second-order valence-corrected chi connectivity index (χ2v) is 4.01. The van der Waals surface area contributed by atoms with Crippen molar-refractivity contribution in [1.29, 1.82) is 0 Å². The third-order valence-electron chi connectivity index (χ3n) is 2.73. The molecule has 0 saturated heterocycles. The average Bonchev–Trinajstić information content (AvgIpc) is 2.41. The third kappa shape index (κ3) is 3.34. The fraction of sp³-hybridized carbons (Fsp3) is 0.214. The standard InChI is InChI=1S/C14H15FN2O2/c1-19-13-6-5-11(10-12(13)15)16-7-9-17-8-3-2-4-14(17)18/h2-6,8,10,16H,7,9H2,1H3. The van der Waals surface area contributed by atoms with E-state index in [4.69, 9.17) is 4.74 Å². The van der Waals surface area contributed by atoms with Crippen LogP contribution in [0.2, 0.25) is 0 Å². The van der Waals surface area contributed by atoms with E-state index in [1.807, 2.05) is 0 Å². The molecule has 2 rings (SSSR count). The van der Waals surface area contributed by atoms with Gasteiger partial charge in [0.05, 0.1) is 7.11 Å². The zero-order valence-corrected chi connectivity index (χ0v) is 10.6. The number of halogens is 1. The Morgan fingerprint density at radius 2 is 2.16 bits per heavy atom. The minimum atomic E-state index is -0.413. The Kier molecular flexibility index (Phi) is 4.18. The van der Waals surface area contributed by atoms with Crippen LogP contribution in [0.4, 0.5) is 10.1 Å². The van der Waals surface area contributed by atoms with E-state index >= 15 is 0 Å². The molecule has 19 heavy (non-hydrogen) atoms. The van der Waals surface area contributed by atoms with Crippen LogP contribution in [0.1, 0.15) is 0 Å². The van der Waals surface area contributed by atoms with Gasteiger partial charge in [0, 0.05) is 37.1 Å². The maximum absolute atomic E-state index is 13.4. The minimum absolute atomic E-state index is 0.0507. The lowest BCUT2D eigenvalue weighted by Crippen LogP contribution is -2.22. The zero-order valence-electron chi connectivity index (χ0n) is 10.6. The Morgan fingerprint density at radius 3 is 2.84 bits per heavy atom. The molecule has 1 N–H and O–H groups in total. The maximum Gasteiger partial charge on any atom is 0.250 e. The van der Waals surface area contributed by atoms with E-state index in [2.05, 4.69) is 5.32 Å². The Hall–Kier alpha value is -2.30. The summed E-state index contributed by atoms with van der Waals surface area (Å²) in [5, 5.41) is 3.06. The van der Waals surface area contributed by atoms with Gasteiger partial charge in [-0.15, -0.1) is 0 Å². The molecule has 0 amide bonds. The van der Waals surface area contributed by atoms with Gasteiger partial charge in [-0.3, -0.25) is 4.79 Å². The highest BCUT2D eigenvalue weighted by Crippen LogP contribution is 2.20. The molecule has 4 nitrogen and oxygen atoms in total. The molecule has 0 saturated carbocycles. The highest BCUT2D eigenvalue weighted by molar-refractivity contribution is 5.47. The van der Waals surface area contributed by atoms with Crippen LogP contribution >= 0.6 is 0 Å². The minimum Gasteiger partial charge on any atom is -0.494 e. The number of pyridine rings is 1. The van der Waals surface area contributed by atoms with Gasteiger partial charge in [-0.05, 0) is 18.2 Å². The summed E-state index contributed by atoms with van der Waals surface area (Å²) in [6.07, 6.45) is 1.72. The summed E-state index contributed by atoms with van der Waals surface area (Å²) >= 11 is 0. The molecule has 2 aromatic rings. The number of ether oxygens (including phenoxy) is 1. The fourth-order valence-electron chi connectivity index (χ4n) is 1.74. The van der Waals surface area contributed by atoms with Crippen molar-refractivity contribution in [2.45, 2.75) is 6.54 Å². The fourth-order valence-corrected chi connectivity index (χ4v) is 1.74. The van der Waals surface area contributed by atoms with Crippen molar-refractivity contribution >= 4 is 5.69 Å². The molecule has 5 heteroatoms. The normalized spacial score (nSPS) is 10.2. The zero-order chi connectivity index (χ0) is 13.7. The van der Waals surface area contributed by atoms with Gasteiger partial charge in [0.15, 0.2) is 11.6 Å². The highest BCUT2D eigenvalue weighted by atomic mass is 19.1. The number of methoxy groups -OCH3 is 1. The van der Waals surface area contributed by atoms with Gasteiger partial charge in [-0.1, -0.05) is 6.07 Å². The summed E-state index contributed by atoms with van der Waals surface area (Å²) in [6, 6.07) is 9.67. The number of aromatic nitrogens is 1. The smallest absolute Gasteiger partial charge is 0.250 e. The lowest BCUT2D eigenvalue weighted by atomic mass is 10.3. The van der Waals surface area contributed by atoms with E-state index in [0.717, 1.165) is 0 Å². The monoisotopic (exact) mass is 262 g/mol. The van der Waals surface area contributed by atoms with Crippen molar-refractivity contribution in [3.63, 3.8) is 0 Å². The van der Waals surface area contributed by atoms with Crippen molar-refractivity contribution in [1.82, 2.24) is 4.57 Å². The van der Waals surface area contributed by atoms with Gasteiger partial charge >= 0.3 is 0 Å².